The standard InChI is InChI=1S/C9H16Si2/c1-3-6-10-11(7-4-2)8-5-9-11/h3-8H,9-10H2,1-2H3/b6-3+,7-4+. The van der Waals surface area contributed by atoms with E-state index in [0.29, 0.717) is 0 Å². The molecule has 0 saturated heterocycles. The van der Waals surface area contributed by atoms with Crippen molar-refractivity contribution < 1.29 is 0 Å². The van der Waals surface area contributed by atoms with Crippen molar-refractivity contribution in [3.63, 3.8) is 0 Å². The van der Waals surface area contributed by atoms with E-state index in [2.05, 4.69) is 49.2 Å². The molecule has 1 aliphatic heterocycles. The van der Waals surface area contributed by atoms with E-state index in [0.717, 1.165) is 0 Å². The summed E-state index contributed by atoms with van der Waals surface area (Å²) in [5, 5.41) is 0. The van der Waals surface area contributed by atoms with E-state index in [9.17, 15) is 0 Å². The summed E-state index contributed by atoms with van der Waals surface area (Å²) in [6.45, 7) is 4.28. The van der Waals surface area contributed by atoms with Crippen LogP contribution in [0, 0.1) is 0 Å². The van der Waals surface area contributed by atoms with Crippen LogP contribution in [0.4, 0.5) is 0 Å². The topological polar surface area (TPSA) is 0 Å². The van der Waals surface area contributed by atoms with Gasteiger partial charge in [0.2, 0.25) is 0 Å². The van der Waals surface area contributed by atoms with E-state index in [-0.39, 0.29) is 9.04 Å². The van der Waals surface area contributed by atoms with Gasteiger partial charge in [-0.1, -0.05) is 29.6 Å². The second kappa shape index (κ2) is 3.88. The molecule has 0 aromatic heterocycles. The Hall–Kier alpha value is -0.346. The van der Waals surface area contributed by atoms with Gasteiger partial charge >= 0.3 is 0 Å². The lowest BCUT2D eigenvalue weighted by Gasteiger charge is -2.28. The van der Waals surface area contributed by atoms with Crippen molar-refractivity contribution in [1.82, 2.24) is 0 Å². The number of hydrogen-bond acceptors (Lipinski definition) is 0. The van der Waals surface area contributed by atoms with Gasteiger partial charge in [0, 0.05) is 9.04 Å². The second-order valence-corrected chi connectivity index (χ2v) is 12.7. The Morgan fingerprint density at radius 1 is 1.36 bits per heavy atom. The third-order valence-corrected chi connectivity index (χ3v) is 11.8. The molecule has 1 atom stereocenters. The van der Waals surface area contributed by atoms with Crippen molar-refractivity contribution in [2.24, 2.45) is 0 Å². The largest absolute Gasteiger partial charge is 0.107 e. The fourth-order valence-electron chi connectivity index (χ4n) is 1.43. The molecule has 0 N–H and O–H groups in total. The lowest BCUT2D eigenvalue weighted by Crippen LogP contribution is -2.41. The van der Waals surface area contributed by atoms with Crippen LogP contribution in [0.2, 0.25) is 6.04 Å². The van der Waals surface area contributed by atoms with Crippen LogP contribution >= 0.6 is 0 Å². The Kier molecular flexibility index (Phi) is 3.08. The molecule has 0 bridgehead atoms. The normalized spacial score (nSPS) is 31.1. The van der Waals surface area contributed by atoms with Gasteiger partial charge in [-0.25, -0.2) is 0 Å². The van der Waals surface area contributed by atoms with Crippen molar-refractivity contribution >= 4 is 16.6 Å². The minimum Gasteiger partial charge on any atom is -0.107 e. The van der Waals surface area contributed by atoms with Crippen molar-refractivity contribution in [3.05, 3.63) is 35.3 Å². The Morgan fingerprint density at radius 3 is 2.45 bits per heavy atom. The molecular formula is C9H16Si2. The summed E-state index contributed by atoms with van der Waals surface area (Å²) in [4.78, 5) is 0. The fourth-order valence-corrected chi connectivity index (χ4v) is 9.35. The van der Waals surface area contributed by atoms with Crippen LogP contribution in [0.25, 0.3) is 0 Å². The molecule has 2 heteroatoms. The molecule has 0 amide bonds. The second-order valence-electron chi connectivity index (χ2n) is 3.11. The van der Waals surface area contributed by atoms with Gasteiger partial charge in [0.1, 0.15) is 0 Å². The highest BCUT2D eigenvalue weighted by atomic mass is 29.2. The quantitative estimate of drug-likeness (QED) is 0.582. The predicted molar refractivity (Wildman–Crippen MR) is 57.9 cm³/mol. The molecule has 1 unspecified atom stereocenters. The first-order valence-corrected chi connectivity index (χ1v) is 9.76. The van der Waals surface area contributed by atoms with E-state index in [1.165, 1.54) is 6.04 Å². The highest BCUT2D eigenvalue weighted by molar-refractivity contribution is 7.32. The van der Waals surface area contributed by atoms with Gasteiger partial charge in [-0.05, 0) is 19.9 Å². The van der Waals surface area contributed by atoms with Gasteiger partial charge in [-0.15, -0.1) is 5.70 Å². The van der Waals surface area contributed by atoms with Crippen LogP contribution in [-0.4, -0.2) is 16.6 Å². The van der Waals surface area contributed by atoms with E-state index in [1.807, 2.05) is 0 Å². The minimum absolute atomic E-state index is 0.0893. The zero-order valence-electron chi connectivity index (χ0n) is 7.38. The number of allylic oxidation sites excluding steroid dienone is 3. The minimum atomic E-state index is -0.873. The van der Waals surface area contributed by atoms with Crippen LogP contribution in [0.3, 0.4) is 0 Å². The average Bonchev–Trinajstić information content (AvgIpc) is 1.95. The first-order valence-electron chi connectivity index (χ1n) is 4.26. The number of hydrogen-bond donors (Lipinski definition) is 0. The van der Waals surface area contributed by atoms with Gasteiger partial charge < -0.3 is 0 Å². The monoisotopic (exact) mass is 180 g/mol. The van der Waals surface area contributed by atoms with Gasteiger partial charge in [-0.3, -0.25) is 0 Å². The van der Waals surface area contributed by atoms with Crippen LogP contribution in [0.1, 0.15) is 13.8 Å². The van der Waals surface area contributed by atoms with E-state index in [1.54, 1.807) is 0 Å². The molecule has 11 heavy (non-hydrogen) atoms. The maximum absolute atomic E-state index is 2.50. The Labute approximate surface area is 72.3 Å². The van der Waals surface area contributed by atoms with Crippen LogP contribution in [0.5, 0.6) is 0 Å². The molecule has 1 rings (SSSR count). The van der Waals surface area contributed by atoms with Gasteiger partial charge in [-0.2, -0.15) is 0 Å². The van der Waals surface area contributed by atoms with Crippen molar-refractivity contribution in [2.75, 3.05) is 0 Å². The first-order chi connectivity index (χ1) is 5.33. The summed E-state index contributed by atoms with van der Waals surface area (Å²) in [5.41, 5.74) is 7.44. The van der Waals surface area contributed by atoms with Crippen molar-refractivity contribution in [2.45, 2.75) is 19.9 Å². The van der Waals surface area contributed by atoms with Crippen molar-refractivity contribution in [3.8, 4) is 0 Å². The summed E-state index contributed by atoms with van der Waals surface area (Å²) in [7, 11) is -0.783. The third-order valence-electron chi connectivity index (χ3n) is 2.18. The third kappa shape index (κ3) is 2.04. The Morgan fingerprint density at radius 2 is 2.09 bits per heavy atom. The molecule has 0 saturated carbocycles. The van der Waals surface area contributed by atoms with Gasteiger partial charge in [0.15, 0.2) is 0 Å². The Balaban J connectivity index is 2.55. The molecule has 0 aliphatic carbocycles. The summed E-state index contributed by atoms with van der Waals surface area (Å²) < 4.78 is 0. The molecule has 1 aliphatic rings. The van der Waals surface area contributed by atoms with E-state index in [4.69, 9.17) is 0 Å². The maximum atomic E-state index is 2.50. The van der Waals surface area contributed by atoms with E-state index < -0.39 is 7.59 Å². The van der Waals surface area contributed by atoms with Crippen molar-refractivity contribution in [1.29, 1.82) is 0 Å². The predicted octanol–water partition coefficient (Wildman–Crippen LogP) is 1.86. The number of rotatable bonds is 3. The SMILES string of the molecule is C/C=C/[SiH2][Si]1(/C=C/C)C=CC1. The first kappa shape index (κ1) is 8.75. The van der Waals surface area contributed by atoms with Gasteiger partial charge in [0.05, 0.1) is 7.59 Å². The lowest BCUT2D eigenvalue weighted by atomic mass is 10.7. The molecule has 0 nitrogen and oxygen atoms in total. The van der Waals surface area contributed by atoms with Crippen LogP contribution in [-0.2, 0) is 0 Å². The van der Waals surface area contributed by atoms with Crippen LogP contribution < -0.4 is 0 Å². The molecular weight excluding hydrogens is 164 g/mol. The maximum Gasteiger partial charge on any atom is 0.0938 e. The molecule has 0 spiro atoms. The lowest BCUT2D eigenvalue weighted by molar-refractivity contribution is 1.55. The fraction of sp³-hybridized carbons (Fsp3) is 0.333. The highest BCUT2D eigenvalue weighted by Crippen LogP contribution is 2.22. The smallest absolute Gasteiger partial charge is 0.0938 e. The molecule has 0 radical (unpaired) electrons. The Bertz CT molecular complexity index is 204. The zero-order chi connectivity index (χ0) is 8.16. The zero-order valence-corrected chi connectivity index (χ0v) is 9.79. The summed E-state index contributed by atoms with van der Waals surface area (Å²) in [6.07, 6.45) is 6.80. The summed E-state index contributed by atoms with van der Waals surface area (Å²) in [6, 6.07) is 1.41. The summed E-state index contributed by atoms with van der Waals surface area (Å²) >= 11 is 0. The molecule has 60 valence electrons. The van der Waals surface area contributed by atoms with Gasteiger partial charge in [0.25, 0.3) is 0 Å². The van der Waals surface area contributed by atoms with Crippen LogP contribution in [0.15, 0.2) is 35.3 Å². The molecule has 0 aromatic rings. The molecule has 1 heterocycles. The average molecular weight is 180 g/mol. The highest BCUT2D eigenvalue weighted by Gasteiger charge is 2.29. The molecule has 0 fully saturated rings. The van der Waals surface area contributed by atoms with E-state index >= 15 is 0 Å². The summed E-state index contributed by atoms with van der Waals surface area (Å²) in [5.74, 6) is 0. The molecule has 0 aromatic carbocycles.